The molecule has 150 valence electrons. The summed E-state index contributed by atoms with van der Waals surface area (Å²) in [5.74, 6) is -0.432. The van der Waals surface area contributed by atoms with Gasteiger partial charge in [-0.25, -0.2) is 4.39 Å². The number of halogens is 2. The highest BCUT2D eigenvalue weighted by molar-refractivity contribution is 8.01. The van der Waals surface area contributed by atoms with E-state index in [0.29, 0.717) is 14.5 Å². The fourth-order valence-corrected chi connectivity index (χ4v) is 4.77. The highest BCUT2D eigenvalue weighted by Gasteiger charge is 2.30. The Balaban J connectivity index is 1.50. The van der Waals surface area contributed by atoms with E-state index in [-0.39, 0.29) is 17.8 Å². The van der Waals surface area contributed by atoms with Crippen LogP contribution in [0.3, 0.4) is 0 Å². The van der Waals surface area contributed by atoms with Crippen molar-refractivity contribution in [2.24, 2.45) is 0 Å². The van der Waals surface area contributed by atoms with Crippen molar-refractivity contribution in [3.8, 4) is 0 Å². The normalized spacial score (nSPS) is 14.4. The van der Waals surface area contributed by atoms with Crippen molar-refractivity contribution in [2.75, 3.05) is 5.32 Å². The number of hydrogen-bond acceptors (Lipinski definition) is 6. The van der Waals surface area contributed by atoms with Gasteiger partial charge in [0.1, 0.15) is 11.1 Å². The smallest absolute Gasteiger partial charge is 0.238 e. The zero-order chi connectivity index (χ0) is 20.4. The van der Waals surface area contributed by atoms with Gasteiger partial charge in [-0.2, -0.15) is 0 Å². The molecule has 1 unspecified atom stereocenters. The third-order valence-electron chi connectivity index (χ3n) is 4.38. The van der Waals surface area contributed by atoms with Crippen molar-refractivity contribution in [3.05, 3.63) is 64.4 Å². The van der Waals surface area contributed by atoms with Gasteiger partial charge in [0, 0.05) is 16.8 Å². The second kappa shape index (κ2) is 8.69. The molecular formula is C20H18ClFN4OS2. The lowest BCUT2D eigenvalue weighted by atomic mass is 10.1. The van der Waals surface area contributed by atoms with Crippen LogP contribution in [0, 0.1) is 12.7 Å². The molecule has 1 saturated carbocycles. The van der Waals surface area contributed by atoms with Gasteiger partial charge in [0.15, 0.2) is 4.34 Å². The van der Waals surface area contributed by atoms with Gasteiger partial charge in [-0.05, 0) is 55.2 Å². The highest BCUT2D eigenvalue weighted by atomic mass is 35.5. The number of hydrogen-bond donors (Lipinski definition) is 2. The number of aromatic nitrogens is 2. The maximum Gasteiger partial charge on any atom is 0.238 e. The lowest BCUT2D eigenvalue weighted by Crippen LogP contribution is -2.29. The molecule has 1 fully saturated rings. The molecule has 5 nitrogen and oxygen atoms in total. The van der Waals surface area contributed by atoms with E-state index in [1.807, 2.05) is 25.1 Å². The van der Waals surface area contributed by atoms with Gasteiger partial charge in [-0.3, -0.25) is 4.79 Å². The first-order valence-electron chi connectivity index (χ1n) is 9.07. The molecule has 0 spiro atoms. The van der Waals surface area contributed by atoms with Crippen LogP contribution in [0.25, 0.3) is 0 Å². The van der Waals surface area contributed by atoms with E-state index in [1.165, 1.54) is 35.2 Å². The van der Waals surface area contributed by atoms with Gasteiger partial charge in [0.25, 0.3) is 0 Å². The van der Waals surface area contributed by atoms with Crippen molar-refractivity contribution in [1.29, 1.82) is 0 Å². The SMILES string of the molecule is Cc1ccc(Nc2nnc(SC(C(=O)NC3CC3)c3ccc(F)cc3)s2)cc1Cl. The molecule has 9 heteroatoms. The van der Waals surface area contributed by atoms with E-state index in [0.717, 1.165) is 29.7 Å². The molecule has 2 aromatic carbocycles. The third-order valence-corrected chi connectivity index (χ3v) is 6.97. The van der Waals surface area contributed by atoms with Crippen LogP contribution in [-0.4, -0.2) is 22.1 Å². The molecule has 1 aliphatic rings. The summed E-state index contributed by atoms with van der Waals surface area (Å²) in [7, 11) is 0. The minimum Gasteiger partial charge on any atom is -0.352 e. The van der Waals surface area contributed by atoms with Crippen LogP contribution < -0.4 is 10.6 Å². The number of amides is 1. The van der Waals surface area contributed by atoms with Crippen molar-refractivity contribution >= 4 is 51.4 Å². The van der Waals surface area contributed by atoms with Gasteiger partial charge < -0.3 is 10.6 Å². The molecule has 0 saturated heterocycles. The number of nitrogens with zero attached hydrogens (tertiary/aromatic N) is 2. The van der Waals surface area contributed by atoms with E-state index in [1.54, 1.807) is 12.1 Å². The first-order valence-corrected chi connectivity index (χ1v) is 11.1. The fraction of sp³-hybridized carbons (Fsp3) is 0.250. The summed E-state index contributed by atoms with van der Waals surface area (Å²) < 4.78 is 14.0. The fourth-order valence-electron chi connectivity index (χ4n) is 2.62. The molecule has 0 bridgehead atoms. The van der Waals surface area contributed by atoms with Crippen LogP contribution in [-0.2, 0) is 4.79 Å². The predicted molar refractivity (Wildman–Crippen MR) is 116 cm³/mol. The summed E-state index contributed by atoms with van der Waals surface area (Å²) >= 11 is 8.82. The largest absolute Gasteiger partial charge is 0.352 e. The Labute approximate surface area is 181 Å². The molecule has 1 amide bonds. The molecule has 1 aromatic heterocycles. The van der Waals surface area contributed by atoms with Crippen LogP contribution in [0.2, 0.25) is 5.02 Å². The molecule has 2 N–H and O–H groups in total. The standard InChI is InChI=1S/C20H18ClFN4OS2/c1-11-2-7-15(10-16(11)21)24-19-25-26-20(29-19)28-17(18(27)23-14-8-9-14)12-3-5-13(22)6-4-12/h2-7,10,14,17H,8-9H2,1H3,(H,23,27)(H,24,25). The number of thioether (sulfide) groups is 1. The van der Waals surface area contributed by atoms with Crippen molar-refractivity contribution in [2.45, 2.75) is 35.4 Å². The molecular weight excluding hydrogens is 431 g/mol. The lowest BCUT2D eigenvalue weighted by Gasteiger charge is -2.15. The Morgan fingerprint density at radius 3 is 2.69 bits per heavy atom. The first kappa shape index (κ1) is 20.1. The first-order chi connectivity index (χ1) is 14.0. The summed E-state index contributed by atoms with van der Waals surface area (Å²) in [5, 5.41) is 15.3. The van der Waals surface area contributed by atoms with E-state index >= 15 is 0 Å². The van der Waals surface area contributed by atoms with Gasteiger partial charge in [0.2, 0.25) is 11.0 Å². The Bertz CT molecular complexity index is 1020. The minimum atomic E-state index is -0.522. The number of benzene rings is 2. The van der Waals surface area contributed by atoms with Gasteiger partial charge in [0.05, 0.1) is 0 Å². The van der Waals surface area contributed by atoms with Gasteiger partial charge in [-0.15, -0.1) is 10.2 Å². The molecule has 1 aliphatic carbocycles. The number of rotatable bonds is 7. The summed E-state index contributed by atoms with van der Waals surface area (Å²) in [6.07, 6.45) is 2.00. The zero-order valence-electron chi connectivity index (χ0n) is 15.5. The molecule has 29 heavy (non-hydrogen) atoms. The Morgan fingerprint density at radius 1 is 1.24 bits per heavy atom. The summed E-state index contributed by atoms with van der Waals surface area (Å²) in [6.45, 7) is 1.94. The molecule has 0 radical (unpaired) electrons. The minimum absolute atomic E-state index is 0.0980. The summed E-state index contributed by atoms with van der Waals surface area (Å²) in [5.41, 5.74) is 2.54. The van der Waals surface area contributed by atoms with Gasteiger partial charge >= 0.3 is 0 Å². The molecule has 1 atom stereocenters. The number of carbonyl (C=O) groups is 1. The van der Waals surface area contributed by atoms with E-state index in [9.17, 15) is 9.18 Å². The van der Waals surface area contributed by atoms with Crippen LogP contribution in [0.15, 0.2) is 46.8 Å². The monoisotopic (exact) mass is 448 g/mol. The second-order valence-corrected chi connectivity index (χ2v) is 9.53. The third kappa shape index (κ3) is 5.26. The van der Waals surface area contributed by atoms with Crippen LogP contribution in [0.5, 0.6) is 0 Å². The quantitative estimate of drug-likeness (QED) is 0.467. The number of aryl methyl sites for hydroxylation is 1. The topological polar surface area (TPSA) is 66.9 Å². The molecule has 1 heterocycles. The van der Waals surface area contributed by atoms with E-state index in [2.05, 4.69) is 20.8 Å². The Morgan fingerprint density at radius 2 is 2.00 bits per heavy atom. The molecule has 3 aromatic rings. The Hall–Kier alpha value is -2.16. The average molecular weight is 449 g/mol. The number of nitrogens with one attached hydrogen (secondary N) is 2. The molecule has 4 rings (SSSR count). The number of anilines is 2. The average Bonchev–Trinajstić information content (AvgIpc) is 3.40. The summed E-state index contributed by atoms with van der Waals surface area (Å²) in [6, 6.07) is 11.9. The summed E-state index contributed by atoms with van der Waals surface area (Å²) in [4.78, 5) is 12.8. The maximum absolute atomic E-state index is 13.3. The maximum atomic E-state index is 13.3. The lowest BCUT2D eigenvalue weighted by molar-refractivity contribution is -0.120. The van der Waals surface area contributed by atoms with Crippen LogP contribution in [0.4, 0.5) is 15.2 Å². The van der Waals surface area contributed by atoms with Crippen molar-refractivity contribution in [1.82, 2.24) is 15.5 Å². The molecule has 0 aliphatic heterocycles. The zero-order valence-corrected chi connectivity index (χ0v) is 17.9. The van der Waals surface area contributed by atoms with Gasteiger partial charge in [-0.1, -0.05) is 52.9 Å². The van der Waals surface area contributed by atoms with Crippen molar-refractivity contribution < 1.29 is 9.18 Å². The van der Waals surface area contributed by atoms with Crippen molar-refractivity contribution in [3.63, 3.8) is 0 Å². The number of carbonyl (C=O) groups excluding carboxylic acids is 1. The highest BCUT2D eigenvalue weighted by Crippen LogP contribution is 2.39. The predicted octanol–water partition coefficient (Wildman–Crippen LogP) is 5.49. The van der Waals surface area contributed by atoms with Crippen LogP contribution in [0.1, 0.15) is 29.2 Å². The van der Waals surface area contributed by atoms with Crippen LogP contribution >= 0.6 is 34.7 Å². The second-order valence-electron chi connectivity index (χ2n) is 6.79. The van der Waals surface area contributed by atoms with E-state index in [4.69, 9.17) is 11.6 Å². The Kier molecular flexibility index (Phi) is 6.03. The van der Waals surface area contributed by atoms with E-state index < -0.39 is 5.25 Å².